The second-order valence-electron chi connectivity index (χ2n) is 8.87. The number of fused-ring (bicyclic) bond motifs is 2. The van der Waals surface area contributed by atoms with Gasteiger partial charge in [0.05, 0.1) is 44.7 Å². The van der Waals surface area contributed by atoms with Crippen LogP contribution in [0.3, 0.4) is 0 Å². The van der Waals surface area contributed by atoms with Crippen LogP contribution in [0.25, 0.3) is 26.3 Å². The van der Waals surface area contributed by atoms with Gasteiger partial charge in [-0.3, -0.25) is 0 Å². The summed E-state index contributed by atoms with van der Waals surface area (Å²) < 4.78 is 20.8. The Kier molecular flexibility index (Phi) is 6.33. The molecule has 2 aliphatic heterocycles. The highest BCUT2D eigenvalue weighted by molar-refractivity contribution is 7.19. The van der Waals surface area contributed by atoms with Crippen LogP contribution in [0.1, 0.15) is 34.6 Å². The first-order chi connectivity index (χ1) is 17.9. The predicted octanol–water partition coefficient (Wildman–Crippen LogP) is 4.74. The molecule has 6 atom stereocenters. The third-order valence-corrected chi connectivity index (χ3v) is 7.94. The van der Waals surface area contributed by atoms with Gasteiger partial charge in [0.25, 0.3) is 0 Å². The van der Waals surface area contributed by atoms with Crippen LogP contribution in [0.2, 0.25) is 5.02 Å². The van der Waals surface area contributed by atoms with E-state index in [2.05, 4.69) is 25.1 Å². The molecule has 13 heteroatoms. The maximum Gasteiger partial charge on any atom is 0.184 e. The Balaban J connectivity index is 1.36. The fourth-order valence-electron chi connectivity index (χ4n) is 4.82. The van der Waals surface area contributed by atoms with Gasteiger partial charge in [0.15, 0.2) is 12.1 Å². The van der Waals surface area contributed by atoms with E-state index in [-0.39, 0.29) is 6.61 Å². The smallest absolute Gasteiger partial charge is 0.184 e. The van der Waals surface area contributed by atoms with Gasteiger partial charge in [0.1, 0.15) is 24.1 Å². The van der Waals surface area contributed by atoms with E-state index in [1.54, 1.807) is 11.6 Å². The van der Waals surface area contributed by atoms with Gasteiger partial charge in [-0.2, -0.15) is 5.10 Å². The number of azide groups is 1. The van der Waals surface area contributed by atoms with Gasteiger partial charge >= 0.3 is 0 Å². The maximum absolute atomic E-state index is 11.4. The summed E-state index contributed by atoms with van der Waals surface area (Å²) in [5.74, 6) is 0.791. The minimum absolute atomic E-state index is 0.172. The Morgan fingerprint density at radius 3 is 2.76 bits per heavy atom. The molecular formula is C24H22ClN7O4S. The monoisotopic (exact) mass is 539 g/mol. The van der Waals surface area contributed by atoms with Crippen molar-refractivity contribution in [3.63, 3.8) is 0 Å². The Labute approximate surface area is 220 Å². The van der Waals surface area contributed by atoms with Crippen molar-refractivity contribution in [1.82, 2.24) is 19.7 Å². The zero-order valence-corrected chi connectivity index (χ0v) is 21.4. The lowest BCUT2D eigenvalue weighted by atomic mass is 9.91. The van der Waals surface area contributed by atoms with Gasteiger partial charge in [-0.25, -0.2) is 14.6 Å². The average Bonchev–Trinajstić information content (AvgIpc) is 3.48. The molecule has 2 fully saturated rings. The van der Waals surface area contributed by atoms with Gasteiger partial charge in [-0.05, 0) is 31.5 Å². The summed E-state index contributed by atoms with van der Waals surface area (Å²) in [6.45, 7) is 3.83. The number of rotatable bonds is 4. The number of benzene rings is 2. The molecule has 4 aromatic rings. The molecule has 0 radical (unpaired) electrons. The molecule has 0 aliphatic carbocycles. The molecule has 37 heavy (non-hydrogen) atoms. The Morgan fingerprint density at radius 1 is 1.16 bits per heavy atom. The molecule has 6 rings (SSSR count). The first-order valence-corrected chi connectivity index (χ1v) is 12.8. The lowest BCUT2D eigenvalue weighted by Crippen LogP contribution is -2.58. The van der Waals surface area contributed by atoms with Crippen LogP contribution in [-0.2, 0) is 14.2 Å². The van der Waals surface area contributed by atoms with Crippen LogP contribution < -0.4 is 0 Å². The van der Waals surface area contributed by atoms with E-state index in [0.717, 1.165) is 20.8 Å². The minimum Gasteiger partial charge on any atom is -0.389 e. The van der Waals surface area contributed by atoms with E-state index in [0.29, 0.717) is 22.4 Å². The summed E-state index contributed by atoms with van der Waals surface area (Å²) >= 11 is 8.26. The molecule has 0 saturated carbocycles. The SMILES string of the molecule is Cc1nc([C@@H]2OC3COC(c4ccccc4)O[C@@H]3C(N=[N+]=[N-])C2O)n(-c2ccc3nc(C)sc3c2Cl)n1. The summed E-state index contributed by atoms with van der Waals surface area (Å²) in [4.78, 5) is 12.0. The first-order valence-electron chi connectivity index (χ1n) is 11.6. The van der Waals surface area contributed by atoms with E-state index < -0.39 is 36.7 Å². The number of aryl methyl sites for hydroxylation is 2. The van der Waals surface area contributed by atoms with Gasteiger partial charge in [-0.1, -0.05) is 47.0 Å². The minimum atomic E-state index is -1.26. The van der Waals surface area contributed by atoms with Crippen LogP contribution in [0.5, 0.6) is 0 Å². The molecular weight excluding hydrogens is 518 g/mol. The van der Waals surface area contributed by atoms with E-state index in [9.17, 15) is 10.6 Å². The summed E-state index contributed by atoms with van der Waals surface area (Å²) in [6, 6.07) is 12.1. The quantitative estimate of drug-likeness (QED) is 0.224. The van der Waals surface area contributed by atoms with Crippen LogP contribution >= 0.6 is 22.9 Å². The zero-order chi connectivity index (χ0) is 25.7. The number of hydrogen-bond acceptors (Lipinski definition) is 9. The predicted molar refractivity (Wildman–Crippen MR) is 136 cm³/mol. The lowest BCUT2D eigenvalue weighted by molar-refractivity contribution is -0.309. The largest absolute Gasteiger partial charge is 0.389 e. The van der Waals surface area contributed by atoms with E-state index in [4.69, 9.17) is 25.8 Å². The summed E-state index contributed by atoms with van der Waals surface area (Å²) in [5.41, 5.74) is 11.5. The molecule has 4 heterocycles. The van der Waals surface area contributed by atoms with Crippen LogP contribution in [-0.4, -0.2) is 55.8 Å². The fourth-order valence-corrected chi connectivity index (χ4v) is 6.02. The molecule has 2 aromatic heterocycles. The van der Waals surface area contributed by atoms with Crippen molar-refractivity contribution in [2.75, 3.05) is 6.61 Å². The van der Waals surface area contributed by atoms with Crippen molar-refractivity contribution in [1.29, 1.82) is 0 Å². The number of hydrogen-bond donors (Lipinski definition) is 1. The van der Waals surface area contributed by atoms with Crippen LogP contribution in [0, 0.1) is 13.8 Å². The standard InChI is InChI=1S/C24H22ClN7O4S/c1-11-27-23(32(30-11)15-9-8-14-22(17(15)25)37-12(2)28-14)21-19(33)18(29-31-26)20-16(35-21)10-34-24(36-20)13-6-4-3-5-7-13/h3-9,16,18-21,24,33H,10H2,1-2H3/t16?,18?,19?,20-,21+,24?/m0/s1. The third kappa shape index (κ3) is 4.26. The Bertz CT molecular complexity index is 1510. The molecule has 0 bridgehead atoms. The maximum atomic E-state index is 11.4. The van der Waals surface area contributed by atoms with Crippen molar-refractivity contribution in [3.05, 3.63) is 80.1 Å². The zero-order valence-electron chi connectivity index (χ0n) is 19.8. The van der Waals surface area contributed by atoms with E-state index >= 15 is 0 Å². The van der Waals surface area contributed by atoms with E-state index in [1.807, 2.05) is 49.4 Å². The highest BCUT2D eigenvalue weighted by Crippen LogP contribution is 2.41. The summed E-state index contributed by atoms with van der Waals surface area (Å²) in [5, 5.41) is 21.2. The van der Waals surface area contributed by atoms with Crippen molar-refractivity contribution in [2.45, 2.75) is 50.6 Å². The van der Waals surface area contributed by atoms with Crippen LogP contribution in [0.15, 0.2) is 47.6 Å². The molecule has 4 unspecified atom stereocenters. The van der Waals surface area contributed by atoms with Gasteiger partial charge in [-0.15, -0.1) is 11.3 Å². The van der Waals surface area contributed by atoms with E-state index in [1.165, 1.54) is 11.3 Å². The Hall–Kier alpha value is -3.09. The lowest BCUT2D eigenvalue weighted by Gasteiger charge is -2.46. The third-order valence-electron chi connectivity index (χ3n) is 6.44. The number of aromatic nitrogens is 4. The number of aliphatic hydroxyl groups excluding tert-OH is 1. The molecule has 2 saturated heterocycles. The van der Waals surface area contributed by atoms with Gasteiger partial charge in [0.2, 0.25) is 0 Å². The topological polar surface area (TPSA) is 140 Å². The number of aliphatic hydroxyl groups is 1. The fraction of sp³-hybridized carbons (Fsp3) is 0.375. The Morgan fingerprint density at radius 2 is 1.97 bits per heavy atom. The van der Waals surface area contributed by atoms with Crippen molar-refractivity contribution < 1.29 is 19.3 Å². The molecule has 0 amide bonds. The average molecular weight is 540 g/mol. The van der Waals surface area contributed by atoms with Crippen molar-refractivity contribution >= 4 is 33.2 Å². The molecule has 0 spiro atoms. The molecule has 2 aliphatic rings. The molecule has 190 valence electrons. The second kappa shape index (κ2) is 9.66. The van der Waals surface area contributed by atoms with Crippen molar-refractivity contribution in [3.8, 4) is 5.69 Å². The number of ether oxygens (including phenoxy) is 3. The number of nitrogens with zero attached hydrogens (tertiary/aromatic N) is 7. The highest BCUT2D eigenvalue weighted by Gasteiger charge is 2.51. The molecule has 1 N–H and O–H groups in total. The molecule has 11 nitrogen and oxygen atoms in total. The van der Waals surface area contributed by atoms with Gasteiger partial charge < -0.3 is 19.3 Å². The normalized spacial score (nSPS) is 27.6. The summed E-state index contributed by atoms with van der Waals surface area (Å²) in [6.07, 6.45) is -4.25. The number of halogens is 1. The second-order valence-corrected chi connectivity index (χ2v) is 10.4. The molecule has 2 aromatic carbocycles. The van der Waals surface area contributed by atoms with Gasteiger partial charge in [0, 0.05) is 10.5 Å². The number of thiazole rings is 1. The first kappa shape index (κ1) is 24.3. The summed E-state index contributed by atoms with van der Waals surface area (Å²) in [7, 11) is 0. The van der Waals surface area contributed by atoms with Crippen molar-refractivity contribution in [2.24, 2.45) is 5.11 Å². The van der Waals surface area contributed by atoms with Crippen LogP contribution in [0.4, 0.5) is 0 Å². The highest BCUT2D eigenvalue weighted by atomic mass is 35.5.